The molecule has 5 nitrogen and oxygen atoms in total. The predicted octanol–water partition coefficient (Wildman–Crippen LogP) is 0.203. The van der Waals surface area contributed by atoms with Crippen LogP contribution in [0.1, 0.15) is 10.6 Å². The van der Waals surface area contributed by atoms with Gasteiger partial charge in [-0.25, -0.2) is 19.3 Å². The summed E-state index contributed by atoms with van der Waals surface area (Å²) in [4.78, 5) is 18.2. The van der Waals surface area contributed by atoms with Crippen LogP contribution in [0.2, 0.25) is 0 Å². The van der Waals surface area contributed by atoms with E-state index in [1.807, 2.05) is 0 Å². The van der Waals surface area contributed by atoms with E-state index >= 15 is 0 Å². The predicted molar refractivity (Wildman–Crippen MR) is 40.6 cm³/mol. The Kier molecular flexibility index (Phi) is 1.48. The lowest BCUT2D eigenvalue weighted by Gasteiger charge is -2.02. The number of hydrogen-bond donors (Lipinski definition) is 0. The molecular formula is C7H6N4O. The molecule has 0 amide bonds. The maximum Gasteiger partial charge on any atom is 0.192 e. The zero-order valence-corrected chi connectivity index (χ0v) is 6.16. The lowest BCUT2D eigenvalue weighted by atomic mass is 10.7. The molecule has 0 aliphatic carbocycles. The van der Waals surface area contributed by atoms with Gasteiger partial charge in [0.25, 0.3) is 0 Å². The van der Waals surface area contributed by atoms with Crippen molar-refractivity contribution in [1.82, 2.24) is 19.3 Å². The van der Waals surface area contributed by atoms with Crippen LogP contribution in [0.25, 0.3) is 0 Å². The van der Waals surface area contributed by atoms with E-state index in [2.05, 4.69) is 9.97 Å². The molecule has 5 heteroatoms. The molecule has 0 aliphatic heterocycles. The van der Waals surface area contributed by atoms with Gasteiger partial charge >= 0.3 is 0 Å². The third-order valence-corrected chi connectivity index (χ3v) is 1.49. The van der Waals surface area contributed by atoms with Gasteiger partial charge in [0.2, 0.25) is 0 Å². The quantitative estimate of drug-likeness (QED) is 0.593. The summed E-state index contributed by atoms with van der Waals surface area (Å²) in [6.45, 7) is 0. The summed E-state index contributed by atoms with van der Waals surface area (Å²) in [6.07, 6.45) is 8.90. The first kappa shape index (κ1) is 6.78. The molecule has 2 aromatic rings. The molecule has 0 fully saturated rings. The van der Waals surface area contributed by atoms with Crippen LogP contribution >= 0.6 is 0 Å². The van der Waals surface area contributed by atoms with Gasteiger partial charge in [0.15, 0.2) is 12.1 Å². The fourth-order valence-corrected chi connectivity index (χ4v) is 0.968. The average Bonchev–Trinajstić information content (AvgIpc) is 2.74. The van der Waals surface area contributed by atoms with Crippen LogP contribution in [0.5, 0.6) is 0 Å². The second kappa shape index (κ2) is 2.61. The van der Waals surface area contributed by atoms with E-state index in [1.165, 1.54) is 0 Å². The standard InChI is InChI=1S/C7H6N4O/c12-5-7-9-2-4-11(7)10-3-1-8-6-10/h1-6H. The highest BCUT2D eigenvalue weighted by molar-refractivity contribution is 5.69. The van der Waals surface area contributed by atoms with E-state index in [0.717, 1.165) is 0 Å². The third-order valence-electron chi connectivity index (χ3n) is 1.49. The van der Waals surface area contributed by atoms with Gasteiger partial charge in [0.1, 0.15) is 6.33 Å². The van der Waals surface area contributed by atoms with Gasteiger partial charge in [-0.05, 0) is 0 Å². The highest BCUT2D eigenvalue weighted by Gasteiger charge is 2.00. The zero-order valence-electron chi connectivity index (χ0n) is 6.16. The van der Waals surface area contributed by atoms with Crippen LogP contribution < -0.4 is 0 Å². The van der Waals surface area contributed by atoms with Crippen molar-refractivity contribution in [1.29, 1.82) is 0 Å². The van der Waals surface area contributed by atoms with Gasteiger partial charge in [-0.3, -0.25) is 4.79 Å². The Hall–Kier alpha value is -1.91. The average molecular weight is 162 g/mol. The van der Waals surface area contributed by atoms with E-state index in [-0.39, 0.29) is 0 Å². The molecule has 2 heterocycles. The summed E-state index contributed by atoms with van der Waals surface area (Å²) in [6, 6.07) is 0. The summed E-state index contributed by atoms with van der Waals surface area (Å²) < 4.78 is 3.26. The minimum absolute atomic E-state index is 0.355. The maximum atomic E-state index is 10.5. The molecule has 0 radical (unpaired) electrons. The first-order valence-corrected chi connectivity index (χ1v) is 3.39. The summed E-state index contributed by atoms with van der Waals surface area (Å²) in [5.74, 6) is 0.355. The SMILES string of the molecule is O=Cc1nccn1-n1ccnc1. The fourth-order valence-electron chi connectivity index (χ4n) is 0.968. The molecular weight excluding hydrogens is 156 g/mol. The molecule has 12 heavy (non-hydrogen) atoms. The van der Waals surface area contributed by atoms with Gasteiger partial charge in [-0.2, -0.15) is 0 Å². The van der Waals surface area contributed by atoms with Crippen molar-refractivity contribution in [2.75, 3.05) is 0 Å². The van der Waals surface area contributed by atoms with Crippen LogP contribution in [0.15, 0.2) is 31.1 Å². The maximum absolute atomic E-state index is 10.5. The Labute approximate surface area is 68.3 Å². The second-order valence-electron chi connectivity index (χ2n) is 2.19. The molecule has 0 N–H and O–H groups in total. The molecule has 60 valence electrons. The Morgan fingerprint density at radius 2 is 2.25 bits per heavy atom. The highest BCUT2D eigenvalue weighted by atomic mass is 16.1. The number of imidazole rings is 2. The van der Waals surface area contributed by atoms with E-state index < -0.39 is 0 Å². The molecule has 0 saturated heterocycles. The topological polar surface area (TPSA) is 52.7 Å². The molecule has 2 rings (SSSR count). The minimum atomic E-state index is 0.355. The second-order valence-corrected chi connectivity index (χ2v) is 2.19. The number of aldehydes is 1. The van der Waals surface area contributed by atoms with Crippen LogP contribution in [0, 0.1) is 0 Å². The summed E-state index contributed by atoms with van der Waals surface area (Å²) in [7, 11) is 0. The highest BCUT2D eigenvalue weighted by Crippen LogP contribution is 1.95. The van der Waals surface area contributed by atoms with Gasteiger partial charge in [0, 0.05) is 24.8 Å². The van der Waals surface area contributed by atoms with Crippen molar-refractivity contribution in [3.8, 4) is 0 Å². The van der Waals surface area contributed by atoms with Crippen LogP contribution in [-0.4, -0.2) is 25.6 Å². The molecule has 2 aromatic heterocycles. The molecule has 0 unspecified atom stereocenters. The largest absolute Gasteiger partial charge is 0.294 e. The van der Waals surface area contributed by atoms with Crippen LogP contribution in [0.3, 0.4) is 0 Å². The summed E-state index contributed by atoms with van der Waals surface area (Å²) in [5.41, 5.74) is 0. The Morgan fingerprint density at radius 1 is 1.33 bits per heavy atom. The number of rotatable bonds is 2. The van der Waals surface area contributed by atoms with Crippen molar-refractivity contribution in [2.24, 2.45) is 0 Å². The Bertz CT molecular complexity index is 376. The van der Waals surface area contributed by atoms with Crippen molar-refractivity contribution in [2.45, 2.75) is 0 Å². The molecule has 0 bridgehead atoms. The van der Waals surface area contributed by atoms with Gasteiger partial charge in [-0.15, -0.1) is 0 Å². The minimum Gasteiger partial charge on any atom is -0.294 e. The number of carbonyl (C=O) groups is 1. The lowest BCUT2D eigenvalue weighted by Crippen LogP contribution is -2.08. The van der Waals surface area contributed by atoms with Crippen LogP contribution in [-0.2, 0) is 0 Å². The van der Waals surface area contributed by atoms with Gasteiger partial charge < -0.3 is 0 Å². The van der Waals surface area contributed by atoms with Gasteiger partial charge in [0.05, 0.1) is 0 Å². The molecule has 0 atom stereocenters. The number of hydrogen-bond acceptors (Lipinski definition) is 3. The monoisotopic (exact) mass is 162 g/mol. The number of nitrogens with zero attached hydrogens (tertiary/aromatic N) is 4. The summed E-state index contributed by atoms with van der Waals surface area (Å²) in [5, 5.41) is 0. The third kappa shape index (κ3) is 0.914. The fraction of sp³-hybridized carbons (Fsp3) is 0. The number of aromatic nitrogens is 4. The Morgan fingerprint density at radius 3 is 2.92 bits per heavy atom. The smallest absolute Gasteiger partial charge is 0.192 e. The van der Waals surface area contributed by atoms with Crippen molar-refractivity contribution in [3.05, 3.63) is 36.9 Å². The molecule has 0 spiro atoms. The lowest BCUT2D eigenvalue weighted by molar-refractivity contribution is 0.111. The van der Waals surface area contributed by atoms with Crippen molar-refractivity contribution < 1.29 is 4.79 Å². The first-order valence-electron chi connectivity index (χ1n) is 3.39. The van der Waals surface area contributed by atoms with Crippen molar-refractivity contribution >= 4 is 6.29 Å². The number of carbonyl (C=O) groups excluding carboxylic acids is 1. The summed E-state index contributed by atoms with van der Waals surface area (Å²) >= 11 is 0. The van der Waals surface area contributed by atoms with Gasteiger partial charge in [-0.1, -0.05) is 0 Å². The van der Waals surface area contributed by atoms with E-state index in [0.29, 0.717) is 12.1 Å². The molecule has 0 aliphatic rings. The van der Waals surface area contributed by atoms with Crippen molar-refractivity contribution in [3.63, 3.8) is 0 Å². The van der Waals surface area contributed by atoms with E-state index in [1.54, 1.807) is 40.5 Å². The molecule has 0 aromatic carbocycles. The zero-order chi connectivity index (χ0) is 8.39. The normalized spacial score (nSPS) is 10.0. The van der Waals surface area contributed by atoms with E-state index in [4.69, 9.17) is 0 Å². The van der Waals surface area contributed by atoms with E-state index in [9.17, 15) is 4.79 Å². The van der Waals surface area contributed by atoms with Crippen LogP contribution in [0.4, 0.5) is 0 Å². The molecule has 0 saturated carbocycles. The first-order chi connectivity index (χ1) is 5.92. The Balaban J connectivity index is 2.53.